The second kappa shape index (κ2) is 4.92. The molecule has 5 nitrogen and oxygen atoms in total. The van der Waals surface area contributed by atoms with Crippen molar-refractivity contribution in [3.05, 3.63) is 0 Å². The molecule has 2 aliphatic rings. The Balaban J connectivity index is 1.79. The number of nitrogens with two attached hydrogens (primary N) is 1. The first kappa shape index (κ1) is 12.8. The molecule has 0 aromatic carbocycles. The molecule has 1 atom stereocenters. The molecule has 1 aliphatic carbocycles. The van der Waals surface area contributed by atoms with Crippen molar-refractivity contribution in [2.45, 2.75) is 18.9 Å². The number of piperazine rings is 1. The molecule has 17 heavy (non-hydrogen) atoms. The summed E-state index contributed by atoms with van der Waals surface area (Å²) in [6, 6.07) is 0.422. The lowest BCUT2D eigenvalue weighted by atomic mass is 10.1. The predicted octanol–water partition coefficient (Wildman–Crippen LogP) is -0.913. The minimum atomic E-state index is -0.223. The van der Waals surface area contributed by atoms with Gasteiger partial charge in [0.25, 0.3) is 0 Å². The van der Waals surface area contributed by atoms with Crippen LogP contribution < -0.4 is 11.1 Å². The van der Waals surface area contributed by atoms with Crippen LogP contribution in [0.2, 0.25) is 0 Å². The number of amides is 1. The molecule has 3 N–H and O–H groups in total. The van der Waals surface area contributed by atoms with Crippen molar-refractivity contribution in [3.8, 4) is 0 Å². The SMILES string of the molecule is CN1CCN(C)C(CNC(=O)C2(CN)CC2)C1. The van der Waals surface area contributed by atoms with Crippen LogP contribution in [0.25, 0.3) is 0 Å². The maximum atomic E-state index is 12.0. The van der Waals surface area contributed by atoms with Gasteiger partial charge in [-0.3, -0.25) is 9.69 Å². The fourth-order valence-corrected chi connectivity index (χ4v) is 2.39. The van der Waals surface area contributed by atoms with Gasteiger partial charge >= 0.3 is 0 Å². The van der Waals surface area contributed by atoms with Crippen LogP contribution in [0.4, 0.5) is 0 Å². The highest BCUT2D eigenvalue weighted by Crippen LogP contribution is 2.44. The van der Waals surface area contributed by atoms with Gasteiger partial charge in [0.1, 0.15) is 0 Å². The summed E-state index contributed by atoms with van der Waals surface area (Å²) in [7, 11) is 4.25. The Labute approximate surface area is 103 Å². The second-order valence-electron chi connectivity index (χ2n) is 5.59. The summed E-state index contributed by atoms with van der Waals surface area (Å²) < 4.78 is 0. The maximum Gasteiger partial charge on any atom is 0.227 e. The molecule has 98 valence electrons. The van der Waals surface area contributed by atoms with Gasteiger partial charge in [0, 0.05) is 38.8 Å². The van der Waals surface area contributed by atoms with Crippen molar-refractivity contribution in [1.29, 1.82) is 0 Å². The average Bonchev–Trinajstić information content (AvgIpc) is 3.11. The highest BCUT2D eigenvalue weighted by molar-refractivity contribution is 5.85. The monoisotopic (exact) mass is 240 g/mol. The molecule has 2 rings (SSSR count). The fourth-order valence-electron chi connectivity index (χ4n) is 2.39. The first-order valence-corrected chi connectivity index (χ1v) is 6.44. The Morgan fingerprint density at radius 2 is 2.12 bits per heavy atom. The van der Waals surface area contributed by atoms with E-state index in [0.717, 1.165) is 39.0 Å². The Morgan fingerprint density at radius 1 is 1.41 bits per heavy atom. The van der Waals surface area contributed by atoms with E-state index >= 15 is 0 Å². The van der Waals surface area contributed by atoms with Gasteiger partial charge in [0.2, 0.25) is 5.91 Å². The summed E-state index contributed by atoms with van der Waals surface area (Å²) in [5.41, 5.74) is 5.43. The third-order valence-corrected chi connectivity index (χ3v) is 4.20. The number of nitrogens with zero attached hydrogens (tertiary/aromatic N) is 2. The number of carbonyl (C=O) groups is 1. The standard InChI is InChI=1S/C12H24N4O/c1-15-5-6-16(2)10(8-15)7-14-11(17)12(9-13)3-4-12/h10H,3-9,13H2,1-2H3,(H,14,17). The first-order chi connectivity index (χ1) is 8.07. The average molecular weight is 240 g/mol. The largest absolute Gasteiger partial charge is 0.354 e. The molecule has 0 bridgehead atoms. The van der Waals surface area contributed by atoms with Crippen molar-refractivity contribution in [3.63, 3.8) is 0 Å². The second-order valence-corrected chi connectivity index (χ2v) is 5.59. The van der Waals surface area contributed by atoms with Crippen LogP contribution in [0.3, 0.4) is 0 Å². The van der Waals surface area contributed by atoms with E-state index in [4.69, 9.17) is 5.73 Å². The van der Waals surface area contributed by atoms with Crippen molar-refractivity contribution in [2.75, 3.05) is 46.8 Å². The van der Waals surface area contributed by atoms with Gasteiger partial charge < -0.3 is 16.0 Å². The Bertz CT molecular complexity index is 290. The van der Waals surface area contributed by atoms with E-state index in [1.165, 1.54) is 0 Å². The molecule has 1 aliphatic heterocycles. The summed E-state index contributed by atoms with van der Waals surface area (Å²) in [5, 5.41) is 3.07. The number of hydrogen-bond acceptors (Lipinski definition) is 4. The number of carbonyl (C=O) groups excluding carboxylic acids is 1. The van der Waals surface area contributed by atoms with Crippen molar-refractivity contribution in [1.82, 2.24) is 15.1 Å². The molecule has 0 spiro atoms. The lowest BCUT2D eigenvalue weighted by Crippen LogP contribution is -2.55. The van der Waals surface area contributed by atoms with E-state index in [9.17, 15) is 4.79 Å². The first-order valence-electron chi connectivity index (χ1n) is 6.44. The van der Waals surface area contributed by atoms with Gasteiger partial charge in [0.05, 0.1) is 5.41 Å². The minimum absolute atomic E-state index is 0.154. The number of rotatable bonds is 4. The lowest BCUT2D eigenvalue weighted by Gasteiger charge is -2.37. The molecule has 1 saturated heterocycles. The molecule has 0 radical (unpaired) electrons. The maximum absolute atomic E-state index is 12.0. The van der Waals surface area contributed by atoms with E-state index in [2.05, 4.69) is 29.2 Å². The van der Waals surface area contributed by atoms with E-state index in [-0.39, 0.29) is 11.3 Å². The quantitative estimate of drug-likeness (QED) is 0.668. The summed E-state index contributed by atoms with van der Waals surface area (Å²) in [4.78, 5) is 16.6. The van der Waals surface area contributed by atoms with Crippen LogP contribution in [0.5, 0.6) is 0 Å². The fraction of sp³-hybridized carbons (Fsp3) is 0.917. The summed E-state index contributed by atoms with van der Waals surface area (Å²) in [6.07, 6.45) is 1.91. The minimum Gasteiger partial charge on any atom is -0.354 e. The van der Waals surface area contributed by atoms with Crippen LogP contribution in [0.1, 0.15) is 12.8 Å². The normalized spacial score (nSPS) is 29.0. The summed E-state index contributed by atoms with van der Waals surface area (Å²) in [6.45, 7) is 4.42. The zero-order valence-electron chi connectivity index (χ0n) is 10.9. The highest BCUT2D eigenvalue weighted by atomic mass is 16.2. The van der Waals surface area contributed by atoms with Crippen LogP contribution in [-0.2, 0) is 4.79 Å². The highest BCUT2D eigenvalue weighted by Gasteiger charge is 2.48. The zero-order chi connectivity index (χ0) is 12.5. The summed E-state index contributed by atoms with van der Waals surface area (Å²) in [5.74, 6) is 0.154. The topological polar surface area (TPSA) is 61.6 Å². The molecular formula is C12H24N4O. The smallest absolute Gasteiger partial charge is 0.227 e. The third-order valence-electron chi connectivity index (χ3n) is 4.20. The van der Waals surface area contributed by atoms with E-state index in [0.29, 0.717) is 12.6 Å². The van der Waals surface area contributed by atoms with Crippen LogP contribution in [0.15, 0.2) is 0 Å². The number of nitrogens with one attached hydrogen (secondary N) is 1. The van der Waals surface area contributed by atoms with E-state index in [1.54, 1.807) is 0 Å². The summed E-state index contributed by atoms with van der Waals surface area (Å²) >= 11 is 0. The third kappa shape index (κ3) is 2.78. The molecule has 1 amide bonds. The predicted molar refractivity (Wildman–Crippen MR) is 67.6 cm³/mol. The molecule has 0 aromatic rings. The van der Waals surface area contributed by atoms with Gasteiger partial charge in [-0.1, -0.05) is 0 Å². The Kier molecular flexibility index (Phi) is 3.70. The number of hydrogen-bond donors (Lipinski definition) is 2. The van der Waals surface area contributed by atoms with E-state index in [1.807, 2.05) is 0 Å². The van der Waals surface area contributed by atoms with Gasteiger partial charge in [-0.2, -0.15) is 0 Å². The molecule has 1 unspecified atom stereocenters. The van der Waals surface area contributed by atoms with Crippen molar-refractivity contribution < 1.29 is 4.79 Å². The van der Waals surface area contributed by atoms with Crippen molar-refractivity contribution >= 4 is 5.91 Å². The molecule has 2 fully saturated rings. The number of likely N-dealkylation sites (N-methyl/N-ethyl adjacent to an activating group) is 2. The van der Waals surface area contributed by atoms with Crippen LogP contribution in [-0.4, -0.2) is 68.6 Å². The van der Waals surface area contributed by atoms with Gasteiger partial charge in [-0.25, -0.2) is 0 Å². The van der Waals surface area contributed by atoms with E-state index < -0.39 is 0 Å². The van der Waals surface area contributed by atoms with Crippen molar-refractivity contribution in [2.24, 2.45) is 11.1 Å². The molecule has 0 aromatic heterocycles. The zero-order valence-corrected chi connectivity index (χ0v) is 10.9. The molecule has 1 heterocycles. The van der Waals surface area contributed by atoms with Gasteiger partial charge in [0.15, 0.2) is 0 Å². The van der Waals surface area contributed by atoms with Crippen LogP contribution >= 0.6 is 0 Å². The lowest BCUT2D eigenvalue weighted by molar-refractivity contribution is -0.126. The molecular weight excluding hydrogens is 216 g/mol. The molecule has 1 saturated carbocycles. The van der Waals surface area contributed by atoms with Gasteiger partial charge in [-0.15, -0.1) is 0 Å². The Morgan fingerprint density at radius 3 is 2.71 bits per heavy atom. The van der Waals surface area contributed by atoms with Gasteiger partial charge in [-0.05, 0) is 26.9 Å². The molecule has 5 heteroatoms. The Hall–Kier alpha value is -0.650. The van der Waals surface area contributed by atoms with Crippen LogP contribution in [0, 0.1) is 5.41 Å².